The van der Waals surface area contributed by atoms with Crippen LogP contribution in [-0.2, 0) is 30.4 Å². The third-order valence-electron chi connectivity index (χ3n) is 4.56. The first kappa shape index (κ1) is 27.7. The highest BCUT2D eigenvalue weighted by molar-refractivity contribution is 7.80. The maximum atomic E-state index is 12.7. The minimum absolute atomic E-state index is 0.0114. The van der Waals surface area contributed by atoms with Gasteiger partial charge in [-0.25, -0.2) is 4.79 Å². The van der Waals surface area contributed by atoms with Gasteiger partial charge in [0.15, 0.2) is 0 Å². The summed E-state index contributed by atoms with van der Waals surface area (Å²) in [6.07, 6.45) is -0.899. The molecule has 12 nitrogen and oxygen atoms in total. The molecule has 0 aliphatic carbocycles. The fourth-order valence-electron chi connectivity index (χ4n) is 2.64. The molecular formula is C20H28N4O8S. The zero-order valence-corrected chi connectivity index (χ0v) is 18.7. The Morgan fingerprint density at radius 3 is 2.03 bits per heavy atom. The number of phenolic OH excluding ortho intramolecular Hbond substituents is 1. The van der Waals surface area contributed by atoms with E-state index in [0.717, 1.165) is 0 Å². The second kappa shape index (κ2) is 13.3. The van der Waals surface area contributed by atoms with Crippen molar-refractivity contribution >= 4 is 42.3 Å². The average Bonchev–Trinajstić information content (AvgIpc) is 2.76. The second-order valence-electron chi connectivity index (χ2n) is 7.28. The van der Waals surface area contributed by atoms with Gasteiger partial charge >= 0.3 is 11.9 Å². The summed E-state index contributed by atoms with van der Waals surface area (Å²) in [7, 11) is 0. The van der Waals surface area contributed by atoms with Crippen LogP contribution in [0.5, 0.6) is 5.75 Å². The molecule has 13 heteroatoms. The number of thiol groups is 1. The Morgan fingerprint density at radius 1 is 0.939 bits per heavy atom. The Morgan fingerprint density at radius 2 is 1.52 bits per heavy atom. The van der Waals surface area contributed by atoms with Gasteiger partial charge in [0.2, 0.25) is 17.7 Å². The molecule has 0 fully saturated rings. The number of aromatic hydroxyl groups is 1. The van der Waals surface area contributed by atoms with Crippen molar-refractivity contribution in [3.05, 3.63) is 29.8 Å². The third kappa shape index (κ3) is 9.78. The van der Waals surface area contributed by atoms with Crippen LogP contribution in [-0.4, -0.2) is 74.9 Å². The maximum Gasteiger partial charge on any atom is 0.326 e. The van der Waals surface area contributed by atoms with E-state index in [-0.39, 0.29) is 24.3 Å². The molecule has 0 bridgehead atoms. The molecule has 0 aliphatic rings. The van der Waals surface area contributed by atoms with Crippen molar-refractivity contribution in [1.29, 1.82) is 0 Å². The van der Waals surface area contributed by atoms with Gasteiger partial charge in [-0.05, 0) is 31.0 Å². The highest BCUT2D eigenvalue weighted by Gasteiger charge is 2.29. The predicted octanol–water partition coefficient (Wildman–Crippen LogP) is -1.38. The van der Waals surface area contributed by atoms with E-state index in [0.29, 0.717) is 5.56 Å². The van der Waals surface area contributed by atoms with Gasteiger partial charge in [0.05, 0.1) is 6.04 Å². The number of rotatable bonds is 13. The van der Waals surface area contributed by atoms with E-state index in [9.17, 15) is 34.2 Å². The van der Waals surface area contributed by atoms with E-state index in [1.54, 1.807) is 0 Å². The number of amides is 3. The lowest BCUT2D eigenvalue weighted by molar-refractivity contribution is -0.143. The molecule has 1 aromatic rings. The number of nitrogens with one attached hydrogen (secondary N) is 3. The topological polar surface area (TPSA) is 208 Å². The number of benzene rings is 1. The maximum absolute atomic E-state index is 12.7. The summed E-state index contributed by atoms with van der Waals surface area (Å²) < 4.78 is 0. The van der Waals surface area contributed by atoms with Crippen molar-refractivity contribution in [3.63, 3.8) is 0 Å². The molecule has 0 aliphatic heterocycles. The van der Waals surface area contributed by atoms with Crippen LogP contribution in [0.15, 0.2) is 24.3 Å². The van der Waals surface area contributed by atoms with E-state index in [2.05, 4.69) is 28.6 Å². The largest absolute Gasteiger partial charge is 0.508 e. The predicted molar refractivity (Wildman–Crippen MR) is 120 cm³/mol. The van der Waals surface area contributed by atoms with Gasteiger partial charge in [0.1, 0.15) is 23.9 Å². The first-order valence-electron chi connectivity index (χ1n) is 9.94. The minimum Gasteiger partial charge on any atom is -0.508 e. The van der Waals surface area contributed by atoms with Crippen LogP contribution in [0.1, 0.15) is 25.3 Å². The fraction of sp³-hybridized carbons (Fsp3) is 0.450. The lowest BCUT2D eigenvalue weighted by Crippen LogP contribution is -2.56. The SMILES string of the molecule is CC(NC(=O)C(N)CS)C(=O)NC(CCC(=O)O)C(=O)NC(Cc1ccc(O)cc1)C(=O)O. The lowest BCUT2D eigenvalue weighted by atomic mass is 10.0. The van der Waals surface area contributed by atoms with Gasteiger partial charge in [-0.2, -0.15) is 12.6 Å². The Bertz CT molecular complexity index is 864. The molecule has 8 N–H and O–H groups in total. The summed E-state index contributed by atoms with van der Waals surface area (Å²) >= 11 is 3.89. The molecule has 3 amide bonds. The quantitative estimate of drug-likeness (QED) is 0.155. The third-order valence-corrected chi connectivity index (χ3v) is 4.95. The van der Waals surface area contributed by atoms with Crippen molar-refractivity contribution < 1.29 is 39.3 Å². The number of phenols is 1. The number of carboxylic acids is 2. The molecule has 4 unspecified atom stereocenters. The molecular weight excluding hydrogens is 456 g/mol. The summed E-state index contributed by atoms with van der Waals surface area (Å²) in [4.78, 5) is 59.6. The molecule has 0 spiro atoms. The van der Waals surface area contributed by atoms with E-state index in [1.165, 1.54) is 31.2 Å². The normalized spacial score (nSPS) is 14.3. The van der Waals surface area contributed by atoms with Crippen LogP contribution in [0.3, 0.4) is 0 Å². The number of hydrogen-bond donors (Lipinski definition) is 8. The second-order valence-corrected chi connectivity index (χ2v) is 7.65. The number of aliphatic carboxylic acids is 2. The monoisotopic (exact) mass is 484 g/mol. The molecule has 0 radical (unpaired) electrons. The molecule has 0 heterocycles. The molecule has 4 atom stereocenters. The number of carbonyl (C=O) groups is 5. The van der Waals surface area contributed by atoms with Crippen molar-refractivity contribution in [2.75, 3.05) is 5.75 Å². The lowest BCUT2D eigenvalue weighted by Gasteiger charge is -2.23. The smallest absolute Gasteiger partial charge is 0.326 e. The summed E-state index contributed by atoms with van der Waals surface area (Å²) in [5.41, 5.74) is 6.05. The van der Waals surface area contributed by atoms with Crippen LogP contribution in [0, 0.1) is 0 Å². The van der Waals surface area contributed by atoms with E-state index in [4.69, 9.17) is 10.8 Å². The molecule has 1 rings (SSSR count). The standard InChI is InChI=1S/C20H28N4O8S/c1-10(22-18(29)13(21)9-33)17(28)23-14(6-7-16(26)27)19(30)24-15(20(31)32)8-11-2-4-12(25)5-3-11/h2-5,10,13-15,25,33H,6-9,21H2,1H3,(H,22,29)(H,23,28)(H,24,30)(H,26,27)(H,31,32). The molecule has 182 valence electrons. The number of nitrogens with two attached hydrogens (primary N) is 1. The zero-order chi connectivity index (χ0) is 25.1. The van der Waals surface area contributed by atoms with Crippen molar-refractivity contribution in [1.82, 2.24) is 16.0 Å². The molecule has 0 saturated heterocycles. The Labute approximate surface area is 195 Å². The molecule has 33 heavy (non-hydrogen) atoms. The highest BCUT2D eigenvalue weighted by Crippen LogP contribution is 2.12. The van der Waals surface area contributed by atoms with Crippen molar-refractivity contribution in [3.8, 4) is 5.75 Å². The zero-order valence-electron chi connectivity index (χ0n) is 17.9. The molecule has 0 aromatic heterocycles. The van der Waals surface area contributed by atoms with E-state index < -0.39 is 60.2 Å². The number of carbonyl (C=O) groups excluding carboxylic acids is 3. The van der Waals surface area contributed by atoms with Crippen molar-refractivity contribution in [2.24, 2.45) is 5.73 Å². The first-order chi connectivity index (χ1) is 15.4. The molecule has 1 aromatic carbocycles. The van der Waals surface area contributed by atoms with E-state index in [1.807, 2.05) is 0 Å². The van der Waals surface area contributed by atoms with Crippen molar-refractivity contribution in [2.45, 2.75) is 50.4 Å². The van der Waals surface area contributed by atoms with Gasteiger partial charge in [0.25, 0.3) is 0 Å². The van der Waals surface area contributed by atoms with Crippen LogP contribution in [0.4, 0.5) is 0 Å². The van der Waals surface area contributed by atoms with Gasteiger partial charge in [-0.1, -0.05) is 12.1 Å². The van der Waals surface area contributed by atoms with Crippen LogP contribution < -0.4 is 21.7 Å². The number of carboxylic acid groups (broad SMARTS) is 2. The summed E-state index contributed by atoms with van der Waals surface area (Å²) in [6.45, 7) is 1.34. The summed E-state index contributed by atoms with van der Waals surface area (Å²) in [5, 5.41) is 34.7. The Kier molecular flexibility index (Phi) is 11.2. The summed E-state index contributed by atoms with van der Waals surface area (Å²) in [5.74, 6) is -4.86. The fourth-order valence-corrected chi connectivity index (χ4v) is 2.81. The Balaban J connectivity index is 2.89. The first-order valence-corrected chi connectivity index (χ1v) is 10.6. The van der Waals surface area contributed by atoms with Gasteiger partial charge in [-0.3, -0.25) is 19.2 Å². The van der Waals surface area contributed by atoms with Crippen LogP contribution in [0.2, 0.25) is 0 Å². The average molecular weight is 485 g/mol. The summed E-state index contributed by atoms with van der Waals surface area (Å²) in [6, 6.07) is 0.900. The molecule has 0 saturated carbocycles. The van der Waals surface area contributed by atoms with Gasteiger partial charge in [0, 0.05) is 18.6 Å². The van der Waals surface area contributed by atoms with Gasteiger partial charge in [-0.15, -0.1) is 0 Å². The van der Waals surface area contributed by atoms with E-state index >= 15 is 0 Å². The highest BCUT2D eigenvalue weighted by atomic mass is 32.1. The van der Waals surface area contributed by atoms with Gasteiger partial charge < -0.3 is 37.0 Å². The van der Waals surface area contributed by atoms with Crippen LogP contribution in [0.25, 0.3) is 0 Å². The number of hydrogen-bond acceptors (Lipinski definition) is 8. The Hall–Kier alpha value is -3.32. The minimum atomic E-state index is -1.38. The van der Waals surface area contributed by atoms with Crippen LogP contribution >= 0.6 is 12.6 Å².